The number of anilines is 1. The minimum atomic E-state index is 0.0695. The molecule has 3 rings (SSSR count). The summed E-state index contributed by atoms with van der Waals surface area (Å²) in [5.41, 5.74) is 1.14. The molecule has 1 aliphatic rings. The number of piperazine rings is 1. The van der Waals surface area contributed by atoms with Crippen molar-refractivity contribution in [3.8, 4) is 0 Å². The summed E-state index contributed by atoms with van der Waals surface area (Å²) in [6, 6.07) is 0. The Morgan fingerprint density at radius 3 is 3.25 bits per heavy atom. The van der Waals surface area contributed by atoms with Gasteiger partial charge in [0.05, 0.1) is 12.2 Å². The lowest BCUT2D eigenvalue weighted by Crippen LogP contribution is -2.48. The molecule has 1 fully saturated rings. The molecule has 2 aromatic heterocycles. The fourth-order valence-electron chi connectivity index (χ4n) is 2.44. The van der Waals surface area contributed by atoms with Gasteiger partial charge in [0, 0.05) is 31.2 Å². The monoisotopic (exact) mass is 293 g/mol. The summed E-state index contributed by atoms with van der Waals surface area (Å²) in [6.45, 7) is 5.81. The van der Waals surface area contributed by atoms with Crippen LogP contribution >= 0.6 is 11.3 Å². The second-order valence-electron chi connectivity index (χ2n) is 4.89. The number of thiazole rings is 1. The zero-order valence-electron chi connectivity index (χ0n) is 11.6. The summed E-state index contributed by atoms with van der Waals surface area (Å²) in [5.74, 6) is 1.01. The number of hydrogen-bond donors (Lipinski definition) is 2. The SMILES string of the molecule is CCCNCc1c(N2CCNC(=O)C2)nc2sccn12. The maximum absolute atomic E-state index is 11.6. The van der Waals surface area contributed by atoms with Crippen molar-refractivity contribution in [3.05, 3.63) is 17.3 Å². The summed E-state index contributed by atoms with van der Waals surface area (Å²) in [5, 5.41) is 8.32. The van der Waals surface area contributed by atoms with Crippen molar-refractivity contribution < 1.29 is 4.79 Å². The minimum Gasteiger partial charge on any atom is -0.353 e. The van der Waals surface area contributed by atoms with Crippen molar-refractivity contribution in [3.63, 3.8) is 0 Å². The highest BCUT2D eigenvalue weighted by Gasteiger charge is 2.23. The van der Waals surface area contributed by atoms with Crippen LogP contribution in [-0.2, 0) is 11.3 Å². The lowest BCUT2D eigenvalue weighted by molar-refractivity contribution is -0.120. The second kappa shape index (κ2) is 5.80. The van der Waals surface area contributed by atoms with Gasteiger partial charge in [0.15, 0.2) is 10.8 Å². The molecule has 2 aromatic rings. The summed E-state index contributed by atoms with van der Waals surface area (Å²) in [6.07, 6.45) is 3.15. The molecule has 1 saturated heterocycles. The third kappa shape index (κ3) is 2.51. The third-order valence-electron chi connectivity index (χ3n) is 3.40. The molecule has 7 heteroatoms. The van der Waals surface area contributed by atoms with Crippen LogP contribution in [0.1, 0.15) is 19.0 Å². The summed E-state index contributed by atoms with van der Waals surface area (Å²) in [7, 11) is 0. The first kappa shape index (κ1) is 13.4. The number of fused-ring (bicyclic) bond motifs is 1. The number of carbonyl (C=O) groups is 1. The van der Waals surface area contributed by atoms with E-state index in [1.807, 2.05) is 11.6 Å². The topological polar surface area (TPSA) is 61.7 Å². The molecule has 0 atom stereocenters. The molecule has 0 saturated carbocycles. The predicted molar refractivity (Wildman–Crippen MR) is 80.3 cm³/mol. The van der Waals surface area contributed by atoms with E-state index in [1.165, 1.54) is 0 Å². The number of carbonyl (C=O) groups excluding carboxylic acids is 1. The molecule has 0 spiro atoms. The molecule has 20 heavy (non-hydrogen) atoms. The summed E-state index contributed by atoms with van der Waals surface area (Å²) in [4.78, 5) is 19.3. The van der Waals surface area contributed by atoms with Crippen molar-refractivity contribution in [2.75, 3.05) is 31.1 Å². The number of imidazole rings is 1. The van der Waals surface area contributed by atoms with E-state index in [0.717, 1.165) is 42.5 Å². The smallest absolute Gasteiger partial charge is 0.239 e. The van der Waals surface area contributed by atoms with Gasteiger partial charge in [0.1, 0.15) is 0 Å². The molecule has 2 N–H and O–H groups in total. The number of amides is 1. The first-order valence-electron chi connectivity index (χ1n) is 6.96. The van der Waals surface area contributed by atoms with E-state index in [4.69, 9.17) is 4.98 Å². The number of aromatic nitrogens is 2. The first-order chi connectivity index (χ1) is 9.79. The Bertz CT molecular complexity index is 605. The molecule has 0 bridgehead atoms. The van der Waals surface area contributed by atoms with Crippen molar-refractivity contribution >= 4 is 28.0 Å². The molecular weight excluding hydrogens is 274 g/mol. The van der Waals surface area contributed by atoms with Gasteiger partial charge in [-0.3, -0.25) is 9.20 Å². The highest BCUT2D eigenvalue weighted by molar-refractivity contribution is 7.15. The standard InChI is InChI=1S/C13H19N5OS/c1-2-3-14-8-10-12(16-13-18(10)6-7-20-13)17-5-4-15-11(19)9-17/h6-7,14H,2-5,8-9H2,1H3,(H,15,19). The lowest BCUT2D eigenvalue weighted by atomic mass is 10.3. The Balaban J connectivity index is 1.89. The van der Waals surface area contributed by atoms with Gasteiger partial charge in [-0.05, 0) is 13.0 Å². The van der Waals surface area contributed by atoms with Crippen LogP contribution in [0, 0.1) is 0 Å². The molecule has 0 aliphatic carbocycles. The Hall–Kier alpha value is -1.60. The van der Waals surface area contributed by atoms with Crippen LogP contribution in [-0.4, -0.2) is 41.5 Å². The summed E-state index contributed by atoms with van der Waals surface area (Å²) < 4.78 is 2.12. The van der Waals surface area contributed by atoms with Crippen molar-refractivity contribution in [1.82, 2.24) is 20.0 Å². The number of nitrogens with one attached hydrogen (secondary N) is 2. The zero-order chi connectivity index (χ0) is 13.9. The van der Waals surface area contributed by atoms with Crippen LogP contribution in [0.25, 0.3) is 4.96 Å². The highest BCUT2D eigenvalue weighted by atomic mass is 32.1. The summed E-state index contributed by atoms with van der Waals surface area (Å²) >= 11 is 1.62. The average molecular weight is 293 g/mol. The van der Waals surface area contributed by atoms with Gasteiger partial charge in [0.2, 0.25) is 5.91 Å². The van der Waals surface area contributed by atoms with Crippen molar-refractivity contribution in [1.29, 1.82) is 0 Å². The molecule has 0 aromatic carbocycles. The molecule has 3 heterocycles. The lowest BCUT2D eigenvalue weighted by Gasteiger charge is -2.27. The van der Waals surface area contributed by atoms with Gasteiger partial charge >= 0.3 is 0 Å². The maximum Gasteiger partial charge on any atom is 0.239 e. The average Bonchev–Trinajstić information content (AvgIpc) is 3.01. The van der Waals surface area contributed by atoms with Crippen LogP contribution in [0.4, 0.5) is 5.82 Å². The van der Waals surface area contributed by atoms with Crippen LogP contribution in [0.15, 0.2) is 11.6 Å². The number of nitrogens with zero attached hydrogens (tertiary/aromatic N) is 3. The molecule has 6 nitrogen and oxygen atoms in total. The van der Waals surface area contributed by atoms with Crippen molar-refractivity contribution in [2.45, 2.75) is 19.9 Å². The normalized spacial score (nSPS) is 15.8. The van der Waals surface area contributed by atoms with Gasteiger partial charge in [-0.25, -0.2) is 4.98 Å². The fourth-order valence-corrected chi connectivity index (χ4v) is 3.17. The molecule has 108 valence electrons. The van der Waals surface area contributed by atoms with Gasteiger partial charge in [-0.2, -0.15) is 0 Å². The van der Waals surface area contributed by atoms with E-state index >= 15 is 0 Å². The van der Waals surface area contributed by atoms with Crippen LogP contribution in [0.3, 0.4) is 0 Å². The van der Waals surface area contributed by atoms with E-state index < -0.39 is 0 Å². The van der Waals surface area contributed by atoms with Crippen LogP contribution < -0.4 is 15.5 Å². The van der Waals surface area contributed by atoms with Crippen LogP contribution in [0.5, 0.6) is 0 Å². The molecule has 0 unspecified atom stereocenters. The maximum atomic E-state index is 11.6. The Labute approximate surface area is 121 Å². The number of hydrogen-bond acceptors (Lipinski definition) is 5. The van der Waals surface area contributed by atoms with E-state index in [0.29, 0.717) is 13.1 Å². The number of rotatable bonds is 5. The Morgan fingerprint density at radius 1 is 1.55 bits per heavy atom. The molecule has 1 amide bonds. The molecule has 0 radical (unpaired) electrons. The predicted octanol–water partition coefficient (Wildman–Crippen LogP) is 0.832. The van der Waals surface area contributed by atoms with Gasteiger partial charge in [0.25, 0.3) is 0 Å². The van der Waals surface area contributed by atoms with E-state index in [1.54, 1.807) is 11.3 Å². The second-order valence-corrected chi connectivity index (χ2v) is 5.76. The van der Waals surface area contributed by atoms with Gasteiger partial charge in [-0.1, -0.05) is 6.92 Å². The Kier molecular flexibility index (Phi) is 3.88. The van der Waals surface area contributed by atoms with Gasteiger partial charge < -0.3 is 15.5 Å². The van der Waals surface area contributed by atoms with E-state index in [-0.39, 0.29) is 5.91 Å². The minimum absolute atomic E-state index is 0.0695. The van der Waals surface area contributed by atoms with Crippen LogP contribution in [0.2, 0.25) is 0 Å². The molecule has 1 aliphatic heterocycles. The quantitative estimate of drug-likeness (QED) is 0.802. The van der Waals surface area contributed by atoms with Gasteiger partial charge in [-0.15, -0.1) is 11.3 Å². The third-order valence-corrected chi connectivity index (χ3v) is 4.15. The first-order valence-corrected chi connectivity index (χ1v) is 7.84. The molecular formula is C13H19N5OS. The van der Waals surface area contributed by atoms with E-state index in [9.17, 15) is 4.79 Å². The highest BCUT2D eigenvalue weighted by Crippen LogP contribution is 2.25. The largest absolute Gasteiger partial charge is 0.353 e. The zero-order valence-corrected chi connectivity index (χ0v) is 12.4. The van der Waals surface area contributed by atoms with Crippen molar-refractivity contribution in [2.24, 2.45) is 0 Å². The fraction of sp³-hybridized carbons (Fsp3) is 0.538. The Morgan fingerprint density at radius 2 is 2.45 bits per heavy atom. The van der Waals surface area contributed by atoms with E-state index in [2.05, 4.69) is 26.9 Å².